The first-order valence-electron chi connectivity index (χ1n) is 10.8. The van der Waals surface area contributed by atoms with E-state index in [1.54, 1.807) is 0 Å². The van der Waals surface area contributed by atoms with Gasteiger partial charge >= 0.3 is 0 Å². The van der Waals surface area contributed by atoms with Crippen LogP contribution < -0.4 is 0 Å². The van der Waals surface area contributed by atoms with E-state index in [9.17, 15) is 0 Å². The van der Waals surface area contributed by atoms with Crippen LogP contribution >= 0.6 is 22.6 Å². The molecule has 1 atom stereocenters. The van der Waals surface area contributed by atoms with Crippen molar-refractivity contribution in [2.75, 3.05) is 6.61 Å². The van der Waals surface area contributed by atoms with Gasteiger partial charge in [0.15, 0.2) is 0 Å². The number of aryl methyl sites for hydroxylation is 2. The molecule has 4 rings (SSSR count). The molecular formula is C24H31IN2O. The highest BCUT2D eigenvalue weighted by Crippen LogP contribution is 2.50. The molecule has 0 bridgehead atoms. The van der Waals surface area contributed by atoms with E-state index in [-0.39, 0.29) is 11.0 Å². The number of aromatic nitrogens is 2. The van der Waals surface area contributed by atoms with Crippen LogP contribution in [0, 0.1) is 10.5 Å². The number of unbranched alkanes of at least 4 members (excludes halogenated alkanes) is 1. The molecule has 2 aromatic heterocycles. The van der Waals surface area contributed by atoms with Crippen LogP contribution in [0.4, 0.5) is 0 Å². The van der Waals surface area contributed by atoms with E-state index in [1.807, 2.05) is 18.5 Å². The Hall–Kier alpha value is -1.01. The van der Waals surface area contributed by atoms with E-state index in [2.05, 4.69) is 52.7 Å². The monoisotopic (exact) mass is 490 g/mol. The van der Waals surface area contributed by atoms with Gasteiger partial charge in [-0.15, -0.1) is 0 Å². The summed E-state index contributed by atoms with van der Waals surface area (Å²) in [6, 6.07) is 8.73. The molecule has 1 saturated heterocycles. The fourth-order valence-electron chi connectivity index (χ4n) is 5.27. The third kappa shape index (κ3) is 4.43. The van der Waals surface area contributed by atoms with Crippen LogP contribution in [0.3, 0.4) is 0 Å². The number of hydrogen-bond donors (Lipinski definition) is 0. The summed E-state index contributed by atoms with van der Waals surface area (Å²) in [7, 11) is 0. The molecule has 0 amide bonds. The summed E-state index contributed by atoms with van der Waals surface area (Å²) < 4.78 is 7.64. The molecule has 28 heavy (non-hydrogen) atoms. The Kier molecular flexibility index (Phi) is 6.36. The molecule has 3 heterocycles. The van der Waals surface area contributed by atoms with Crippen molar-refractivity contribution in [3.63, 3.8) is 0 Å². The highest BCUT2D eigenvalue weighted by molar-refractivity contribution is 14.1. The third-order valence-electron chi connectivity index (χ3n) is 6.83. The molecule has 1 aliphatic heterocycles. The molecule has 1 unspecified atom stereocenters. The second-order valence-corrected chi connectivity index (χ2v) is 9.94. The summed E-state index contributed by atoms with van der Waals surface area (Å²) in [6.45, 7) is 2.96. The smallest absolute Gasteiger partial charge is 0.0691 e. The summed E-state index contributed by atoms with van der Waals surface area (Å²) in [5, 5.41) is 0. The fourth-order valence-corrected chi connectivity index (χ4v) is 5.81. The molecule has 0 aromatic carbocycles. The van der Waals surface area contributed by atoms with E-state index in [4.69, 9.17) is 9.72 Å². The Balaban J connectivity index is 1.45. The van der Waals surface area contributed by atoms with Crippen molar-refractivity contribution in [1.82, 2.24) is 9.97 Å². The molecule has 150 valence electrons. The number of nitrogens with zero attached hydrogens (tertiary/aromatic N) is 2. The maximum atomic E-state index is 6.37. The minimum atomic E-state index is 0.118. The lowest BCUT2D eigenvalue weighted by molar-refractivity contribution is -0.104. The van der Waals surface area contributed by atoms with E-state index in [1.165, 1.54) is 59.8 Å². The topological polar surface area (TPSA) is 35.0 Å². The molecule has 2 fully saturated rings. The van der Waals surface area contributed by atoms with Crippen molar-refractivity contribution >= 4 is 22.6 Å². The first-order valence-corrected chi connectivity index (χ1v) is 11.9. The zero-order chi connectivity index (χ0) is 19.5. The molecule has 0 radical (unpaired) electrons. The van der Waals surface area contributed by atoms with Gasteiger partial charge in [-0.2, -0.15) is 0 Å². The average Bonchev–Trinajstić information content (AvgIpc) is 3.16. The number of ether oxygens (including phenoxy) is 1. The second kappa shape index (κ2) is 8.78. The van der Waals surface area contributed by atoms with Gasteiger partial charge in [-0.25, -0.2) is 0 Å². The summed E-state index contributed by atoms with van der Waals surface area (Å²) >= 11 is 2.39. The minimum Gasteiger partial charge on any atom is -0.375 e. The van der Waals surface area contributed by atoms with E-state index in [0.29, 0.717) is 0 Å². The zero-order valence-corrected chi connectivity index (χ0v) is 19.1. The largest absolute Gasteiger partial charge is 0.375 e. The molecule has 2 aliphatic rings. The van der Waals surface area contributed by atoms with Crippen molar-refractivity contribution in [3.8, 4) is 0 Å². The Morgan fingerprint density at radius 3 is 2.71 bits per heavy atom. The number of rotatable bonds is 6. The van der Waals surface area contributed by atoms with Crippen LogP contribution in [0.2, 0.25) is 0 Å². The lowest BCUT2D eigenvalue weighted by atomic mass is 9.67. The number of halogens is 1. The van der Waals surface area contributed by atoms with E-state index in [0.717, 1.165) is 31.6 Å². The van der Waals surface area contributed by atoms with Crippen molar-refractivity contribution in [2.24, 2.45) is 0 Å². The quantitative estimate of drug-likeness (QED) is 0.359. The SMILES string of the molecule is Cc1ncc(CCCCC2(c3ccccn3)CCOC3(CCCC3)C2)cc1I. The fraction of sp³-hybridized carbons (Fsp3) is 0.583. The lowest BCUT2D eigenvalue weighted by Crippen LogP contribution is -2.46. The maximum absolute atomic E-state index is 6.37. The van der Waals surface area contributed by atoms with Gasteiger partial charge in [0.1, 0.15) is 0 Å². The second-order valence-electron chi connectivity index (χ2n) is 8.78. The number of hydrogen-bond acceptors (Lipinski definition) is 3. The van der Waals surface area contributed by atoms with Crippen LogP contribution in [-0.2, 0) is 16.6 Å². The van der Waals surface area contributed by atoms with Gasteiger partial charge in [0.2, 0.25) is 0 Å². The molecule has 2 aromatic rings. The highest BCUT2D eigenvalue weighted by Gasteiger charge is 2.48. The molecular weight excluding hydrogens is 459 g/mol. The van der Waals surface area contributed by atoms with Crippen molar-refractivity contribution in [3.05, 3.63) is 57.2 Å². The van der Waals surface area contributed by atoms with Crippen LogP contribution in [0.5, 0.6) is 0 Å². The van der Waals surface area contributed by atoms with Gasteiger partial charge in [0.05, 0.1) is 11.3 Å². The van der Waals surface area contributed by atoms with Crippen molar-refractivity contribution in [2.45, 2.75) is 82.1 Å². The van der Waals surface area contributed by atoms with Crippen LogP contribution in [0.25, 0.3) is 0 Å². The van der Waals surface area contributed by atoms with Gasteiger partial charge in [-0.05, 0) is 98.2 Å². The third-order valence-corrected chi connectivity index (χ3v) is 7.92. The zero-order valence-electron chi connectivity index (χ0n) is 16.9. The summed E-state index contributed by atoms with van der Waals surface area (Å²) in [5.41, 5.74) is 4.08. The summed E-state index contributed by atoms with van der Waals surface area (Å²) in [4.78, 5) is 9.34. The first kappa shape index (κ1) is 20.3. The summed E-state index contributed by atoms with van der Waals surface area (Å²) in [6.07, 6.45) is 16.1. The Morgan fingerprint density at radius 2 is 1.96 bits per heavy atom. The predicted molar refractivity (Wildman–Crippen MR) is 122 cm³/mol. The van der Waals surface area contributed by atoms with Gasteiger partial charge in [0.25, 0.3) is 0 Å². The van der Waals surface area contributed by atoms with Gasteiger partial charge in [0, 0.05) is 33.7 Å². The minimum absolute atomic E-state index is 0.118. The standard InChI is InChI=1S/C24H31IN2O/c1-19-21(25)16-20(17-27-19)8-2-4-10-23(22-9-3-7-14-26-22)13-15-28-24(18-23)11-5-6-12-24/h3,7,9,14,16-17H,2,4-6,8,10-13,15,18H2,1H3. The normalized spacial score (nSPS) is 23.9. The molecule has 4 heteroatoms. The molecule has 1 saturated carbocycles. The van der Waals surface area contributed by atoms with Crippen molar-refractivity contribution < 1.29 is 4.74 Å². The van der Waals surface area contributed by atoms with E-state index < -0.39 is 0 Å². The molecule has 0 N–H and O–H groups in total. The Bertz CT molecular complexity index is 788. The van der Waals surface area contributed by atoms with Crippen LogP contribution in [-0.4, -0.2) is 22.2 Å². The van der Waals surface area contributed by atoms with Crippen LogP contribution in [0.15, 0.2) is 36.7 Å². The predicted octanol–water partition coefficient (Wildman–Crippen LogP) is 6.16. The maximum Gasteiger partial charge on any atom is 0.0691 e. The van der Waals surface area contributed by atoms with E-state index >= 15 is 0 Å². The summed E-state index contributed by atoms with van der Waals surface area (Å²) in [5.74, 6) is 0. The van der Waals surface area contributed by atoms with Crippen LogP contribution in [0.1, 0.15) is 74.7 Å². The number of pyridine rings is 2. The van der Waals surface area contributed by atoms with Gasteiger partial charge in [-0.1, -0.05) is 25.3 Å². The highest BCUT2D eigenvalue weighted by atomic mass is 127. The first-order chi connectivity index (χ1) is 13.6. The van der Waals surface area contributed by atoms with Gasteiger partial charge in [-0.3, -0.25) is 9.97 Å². The molecule has 3 nitrogen and oxygen atoms in total. The van der Waals surface area contributed by atoms with Gasteiger partial charge < -0.3 is 4.74 Å². The Labute approximate surface area is 182 Å². The molecule has 1 aliphatic carbocycles. The lowest BCUT2D eigenvalue weighted by Gasteiger charge is -2.46. The molecule has 1 spiro atoms. The van der Waals surface area contributed by atoms with Crippen molar-refractivity contribution in [1.29, 1.82) is 0 Å². The average molecular weight is 490 g/mol. The Morgan fingerprint density at radius 1 is 1.11 bits per heavy atom.